The van der Waals surface area contributed by atoms with E-state index in [-0.39, 0.29) is 88.5 Å². The minimum atomic E-state index is -4.43. The maximum Gasteiger partial charge on any atom is 0.416 e. The molecule has 0 aliphatic carbocycles. The third-order valence-corrected chi connectivity index (χ3v) is 17.0. The van der Waals surface area contributed by atoms with E-state index in [2.05, 4.69) is 115 Å². The zero-order valence-corrected chi connectivity index (χ0v) is 63.2. The summed E-state index contributed by atoms with van der Waals surface area (Å²) in [5.74, 6) is -2.24. The summed E-state index contributed by atoms with van der Waals surface area (Å²) >= 11 is 0. The Balaban J connectivity index is 0.000000140. The molecule has 31 nitrogen and oxygen atoms in total. The Morgan fingerprint density at radius 1 is 0.311 bits per heavy atom. The first kappa shape index (κ1) is 84.3. The minimum Gasteiger partial charge on any atom is -0.435 e. The van der Waals surface area contributed by atoms with E-state index in [1.54, 1.807) is 36.5 Å². The Hall–Kier alpha value is -15.6. The van der Waals surface area contributed by atoms with Crippen molar-refractivity contribution in [2.75, 3.05) is 44.2 Å². The summed E-state index contributed by atoms with van der Waals surface area (Å²) in [5, 5.41) is 11.2. The maximum atomic E-state index is 14.0. The number of nitrogens with one attached hydrogen (secondary N) is 4. The van der Waals surface area contributed by atoms with E-state index in [9.17, 15) is 65.9 Å². The number of nitrogens with two attached hydrogens (primary N) is 4. The van der Waals surface area contributed by atoms with Crippen molar-refractivity contribution >= 4 is 114 Å². The Bertz CT molecular complexity index is 6480. The van der Waals surface area contributed by atoms with Crippen molar-refractivity contribution in [1.29, 1.82) is 0 Å². The van der Waals surface area contributed by atoms with Crippen LogP contribution in [-0.2, 0) is 31.9 Å². The number of fused-ring (bicyclic) bond motifs is 4. The van der Waals surface area contributed by atoms with E-state index >= 15 is 0 Å². The largest absolute Gasteiger partial charge is 0.435 e. The number of alkyl halides is 9. The number of rotatable bonds is 22. The first-order valence-electron chi connectivity index (χ1n) is 35.9. The summed E-state index contributed by atoms with van der Waals surface area (Å²) in [5.41, 5.74) is 27.8. The highest BCUT2D eigenvalue weighted by molar-refractivity contribution is 5.81. The van der Waals surface area contributed by atoms with Gasteiger partial charge in [-0.1, -0.05) is 27.7 Å². The van der Waals surface area contributed by atoms with Crippen LogP contribution in [0.5, 0.6) is 17.2 Å². The Morgan fingerprint density at radius 3 is 0.926 bits per heavy atom. The van der Waals surface area contributed by atoms with Gasteiger partial charge < -0.3 is 58.4 Å². The van der Waals surface area contributed by atoms with Crippen LogP contribution in [-0.4, -0.2) is 118 Å². The lowest BCUT2D eigenvalue weighted by atomic mass is 10.2. The van der Waals surface area contributed by atoms with E-state index < -0.39 is 78.0 Å². The molecule has 8 aromatic heterocycles. The predicted molar refractivity (Wildman–Crippen MR) is 417 cm³/mol. The third kappa shape index (κ3) is 20.0. The molecular weight excluding hydrogens is 1640 g/mol. The average Bonchev–Trinajstić information content (AvgIpc) is 1.63. The van der Waals surface area contributed by atoms with Crippen molar-refractivity contribution in [2.24, 2.45) is 0 Å². The number of benzene rings is 8. The summed E-state index contributed by atoms with van der Waals surface area (Å²) in [4.78, 5) is 67.5. The highest BCUT2D eigenvalue weighted by Crippen LogP contribution is 2.34. The highest BCUT2D eigenvalue weighted by Gasteiger charge is 2.31. The smallest absolute Gasteiger partial charge is 0.416 e. The molecule has 0 aliphatic rings. The van der Waals surface area contributed by atoms with Crippen molar-refractivity contribution in [3.63, 3.8) is 0 Å². The number of ether oxygens (including phenoxy) is 3. The lowest BCUT2D eigenvalue weighted by molar-refractivity contribution is -0.137. The molecule has 0 radical (unpaired) electrons. The molecule has 0 bridgehead atoms. The fourth-order valence-corrected chi connectivity index (χ4v) is 11.9. The van der Waals surface area contributed by atoms with Crippen molar-refractivity contribution in [2.45, 2.75) is 79.4 Å². The van der Waals surface area contributed by atoms with Gasteiger partial charge in [-0.15, -0.1) is 0 Å². The molecule has 8 heterocycles. The number of anilines is 12. The fourth-order valence-electron chi connectivity index (χ4n) is 11.9. The number of hydrogen-bond donors (Lipinski definition) is 8. The average molecular weight is 1700 g/mol. The summed E-state index contributed by atoms with van der Waals surface area (Å²) in [7, 11) is 0. The van der Waals surface area contributed by atoms with Gasteiger partial charge in [-0.25, -0.2) is 46.3 Å². The number of imidazole rings is 4. The number of nitrogens with zero attached hydrogens (tertiary/aromatic N) is 20. The number of hydrogen-bond acceptors (Lipinski definition) is 27. The van der Waals surface area contributed by atoms with Gasteiger partial charge in [-0.2, -0.15) is 99.3 Å². The zero-order valence-electron chi connectivity index (χ0n) is 63.2. The van der Waals surface area contributed by atoms with Crippen LogP contribution in [0.15, 0.2) is 158 Å². The van der Waals surface area contributed by atoms with Crippen molar-refractivity contribution in [1.82, 2.24) is 98.0 Å². The third-order valence-electron chi connectivity index (χ3n) is 17.0. The van der Waals surface area contributed by atoms with Gasteiger partial charge in [0.25, 0.3) is 0 Å². The van der Waals surface area contributed by atoms with Crippen molar-refractivity contribution < 1.29 is 80.1 Å². The summed E-state index contributed by atoms with van der Waals surface area (Å²) in [6.45, 7) is -1.69. The lowest BCUT2D eigenvalue weighted by Crippen LogP contribution is -2.11. The molecule has 16 aromatic rings. The number of halogens is 15. The van der Waals surface area contributed by atoms with Gasteiger partial charge in [0.1, 0.15) is 52.3 Å². The van der Waals surface area contributed by atoms with Gasteiger partial charge in [-0.3, -0.25) is 18.3 Å². The second kappa shape index (κ2) is 36.1. The molecule has 8 aromatic carbocycles. The van der Waals surface area contributed by atoms with E-state index in [1.165, 1.54) is 103 Å². The molecule has 0 saturated heterocycles. The minimum absolute atomic E-state index is 0.0181. The van der Waals surface area contributed by atoms with Crippen LogP contribution in [0.3, 0.4) is 0 Å². The van der Waals surface area contributed by atoms with Crippen LogP contribution in [0.25, 0.3) is 67.9 Å². The van der Waals surface area contributed by atoms with Crippen molar-refractivity contribution in [3.05, 3.63) is 221 Å². The monoisotopic (exact) mass is 1700 g/mol. The molecule has 46 heteroatoms. The Labute approximate surface area is 676 Å². The normalized spacial score (nSPS) is 11.4. The van der Waals surface area contributed by atoms with Crippen LogP contribution in [0.1, 0.15) is 56.6 Å². The molecule has 122 heavy (non-hydrogen) atoms. The molecule has 0 saturated carbocycles. The maximum absolute atomic E-state index is 14.0. The quantitative estimate of drug-likeness (QED) is 0.0292. The second-order valence-electron chi connectivity index (χ2n) is 25.2. The molecule has 0 amide bonds. The van der Waals surface area contributed by atoms with Crippen LogP contribution < -0.4 is 58.4 Å². The molecule has 0 atom stereocenters. The lowest BCUT2D eigenvalue weighted by Gasteiger charge is -2.11. The SMILES string of the molecule is CCc1nc2cc(F)ccc2n1-c1nc(N)nc(Nc2ccc(C(F)(F)F)cc2)n1.CCc1nc2cc(F)ccc2n1-c1nc(N)nc(Nc2ccc(OC(F)F)c(F)c2)n1.CCc1nc2cc(F)ccc2n1-c1nc(N)nc(Nc2ccc(OC(F)F)cc2)n1.CCc1nc2ccc(F)cc2n1-c1nc(N)nc(Nc2ccc(OC(F)F)c(F)c2)n1. The van der Waals surface area contributed by atoms with Gasteiger partial charge in [0.2, 0.25) is 71.4 Å². The van der Waals surface area contributed by atoms with Gasteiger partial charge in [0.15, 0.2) is 23.1 Å². The second-order valence-corrected chi connectivity index (χ2v) is 25.2. The molecule has 16 rings (SSSR count). The number of aryl methyl sites for hydroxylation is 4. The van der Waals surface area contributed by atoms with E-state index in [4.69, 9.17) is 22.9 Å². The van der Waals surface area contributed by atoms with Crippen LogP contribution in [0.2, 0.25) is 0 Å². The van der Waals surface area contributed by atoms with Crippen LogP contribution >= 0.6 is 0 Å². The summed E-state index contributed by atoms with van der Waals surface area (Å²) in [6, 6.07) is 33.5. The molecule has 628 valence electrons. The van der Waals surface area contributed by atoms with Crippen LogP contribution in [0, 0.1) is 34.9 Å². The first-order valence-corrected chi connectivity index (χ1v) is 35.9. The van der Waals surface area contributed by atoms with Gasteiger partial charge >= 0.3 is 26.0 Å². The number of aromatic nitrogens is 20. The summed E-state index contributed by atoms with van der Waals surface area (Å²) in [6.07, 6.45) is -2.36. The van der Waals surface area contributed by atoms with E-state index in [0.717, 1.165) is 36.4 Å². The predicted octanol–water partition coefficient (Wildman–Crippen LogP) is 16.1. The van der Waals surface area contributed by atoms with E-state index in [1.807, 2.05) is 27.7 Å². The molecule has 0 fully saturated rings. The van der Waals surface area contributed by atoms with Crippen molar-refractivity contribution in [3.8, 4) is 41.0 Å². The standard InChI is InChI=1S/2C19H15F4N7O.C19H15F4N7.C19H16F3N7O/c1-2-15-26-12-7-9(20)3-5-13(12)30(15)19-28-17(24)27-18(29-19)25-10-4-6-14(11(21)8-10)31-16(22)23;1-2-15-26-12-5-3-9(20)7-13(12)30(15)19-28-17(24)27-18(29-19)25-10-4-6-14(11(21)8-10)31-16(22)23;1-2-15-26-13-9-11(20)5-8-14(13)30(15)18-28-16(24)27-17(29-18)25-12-6-3-10(4-7-12)19(21,22)23;1-2-15-25-13-9-10(20)3-8-14(13)29(15)19-27-17(23)26-18(28-19)24-11-4-6-12(7-5-11)30-16(21)22/h2*3-8,16H,2H2,1H3,(H3,24,25,27,28,29);3-9H,2H2,1H3,(H3,24,25,27,28,29);3-9,16H,2H2,1H3,(H3,23,24,26,27,28). The topological polar surface area (TPSA) is 406 Å². The highest BCUT2D eigenvalue weighted by atomic mass is 19.4. The van der Waals surface area contributed by atoms with Gasteiger partial charge in [-0.05, 0) is 121 Å². The molecule has 0 spiro atoms. The zero-order chi connectivity index (χ0) is 87.0. The molecule has 0 aliphatic heterocycles. The summed E-state index contributed by atoms with van der Waals surface area (Å²) < 4.78 is 213. The molecular formula is C76H61F15N28O3. The number of nitrogen functional groups attached to an aromatic ring is 4. The Morgan fingerprint density at radius 2 is 0.607 bits per heavy atom. The van der Waals surface area contributed by atoms with Gasteiger partial charge in [0, 0.05) is 84.8 Å². The van der Waals surface area contributed by atoms with Gasteiger partial charge in [0.05, 0.1) is 49.7 Å². The van der Waals surface area contributed by atoms with E-state index in [0.29, 0.717) is 104 Å². The van der Waals surface area contributed by atoms with Crippen LogP contribution in [0.4, 0.5) is 136 Å². The fraction of sp³-hybridized carbons (Fsp3) is 0.158. The Kier molecular flexibility index (Phi) is 25.0. The molecule has 12 N–H and O–H groups in total. The first-order chi connectivity index (χ1) is 58.3. The molecule has 0 unspecified atom stereocenters.